The van der Waals surface area contributed by atoms with Crippen LogP contribution >= 0.6 is 11.6 Å². The molecule has 8 heteroatoms. The Hall–Kier alpha value is -2.09. The molecule has 1 saturated heterocycles. The zero-order chi connectivity index (χ0) is 22.7. The molecule has 0 spiro atoms. The molecule has 1 unspecified atom stereocenters. The van der Waals surface area contributed by atoms with Crippen molar-refractivity contribution < 1.29 is 14.2 Å². The molecule has 2 fully saturated rings. The Balaban J connectivity index is 1.53. The molecule has 0 amide bonds. The Labute approximate surface area is 192 Å². The van der Waals surface area contributed by atoms with E-state index in [4.69, 9.17) is 21.3 Å². The molecular weight excluding hydrogens is 431 g/mol. The SMILES string of the molecule is CC1(C)CCCC2(C)C1=Nc1c(Cl)cc(-c3nc(N[C@@H]4CCOC[C@H]4O)ncc3F)cc12. The molecule has 3 heterocycles. The first-order chi connectivity index (χ1) is 15.2. The van der Waals surface area contributed by atoms with Crippen LogP contribution in [0.25, 0.3) is 11.3 Å². The molecule has 6 nitrogen and oxygen atoms in total. The van der Waals surface area contributed by atoms with Crippen molar-refractivity contribution >= 4 is 28.9 Å². The molecule has 32 heavy (non-hydrogen) atoms. The number of benzene rings is 1. The van der Waals surface area contributed by atoms with Crippen LogP contribution < -0.4 is 5.32 Å². The number of aromatic nitrogens is 2. The van der Waals surface area contributed by atoms with Crippen LogP contribution in [-0.2, 0) is 10.2 Å². The Morgan fingerprint density at radius 3 is 2.84 bits per heavy atom. The van der Waals surface area contributed by atoms with Gasteiger partial charge in [-0.1, -0.05) is 38.8 Å². The number of nitrogens with zero attached hydrogens (tertiary/aromatic N) is 3. The van der Waals surface area contributed by atoms with Crippen molar-refractivity contribution in [3.8, 4) is 11.3 Å². The van der Waals surface area contributed by atoms with Crippen LogP contribution in [0.4, 0.5) is 16.0 Å². The summed E-state index contributed by atoms with van der Waals surface area (Å²) in [6, 6.07) is 3.47. The van der Waals surface area contributed by atoms with E-state index in [2.05, 4.69) is 36.1 Å². The highest BCUT2D eigenvalue weighted by Crippen LogP contribution is 2.55. The maximum absolute atomic E-state index is 14.9. The molecule has 3 atom stereocenters. The second kappa shape index (κ2) is 7.75. The highest BCUT2D eigenvalue weighted by atomic mass is 35.5. The van der Waals surface area contributed by atoms with E-state index >= 15 is 0 Å². The minimum atomic E-state index is -0.666. The summed E-state index contributed by atoms with van der Waals surface area (Å²) in [4.78, 5) is 13.5. The molecule has 2 N–H and O–H groups in total. The molecule has 2 aromatic rings. The van der Waals surface area contributed by atoms with Crippen molar-refractivity contribution in [2.24, 2.45) is 10.4 Å². The molecular formula is C24H28ClFN4O2. The normalized spacial score (nSPS) is 28.6. The molecule has 1 saturated carbocycles. The van der Waals surface area contributed by atoms with E-state index in [1.165, 1.54) is 0 Å². The number of hydrogen-bond acceptors (Lipinski definition) is 6. The largest absolute Gasteiger partial charge is 0.389 e. The van der Waals surface area contributed by atoms with Gasteiger partial charge in [0.2, 0.25) is 5.95 Å². The molecule has 2 aliphatic heterocycles. The first-order valence-electron chi connectivity index (χ1n) is 11.2. The van der Waals surface area contributed by atoms with Crippen LogP contribution in [-0.4, -0.2) is 46.1 Å². The van der Waals surface area contributed by atoms with Gasteiger partial charge in [0.15, 0.2) is 5.82 Å². The van der Waals surface area contributed by atoms with Crippen LogP contribution in [0.5, 0.6) is 0 Å². The number of aliphatic imine (C=N–C) groups is 1. The van der Waals surface area contributed by atoms with E-state index in [0.717, 1.165) is 42.4 Å². The summed E-state index contributed by atoms with van der Waals surface area (Å²) in [7, 11) is 0. The lowest BCUT2D eigenvalue weighted by Crippen LogP contribution is -2.43. The van der Waals surface area contributed by atoms with Gasteiger partial charge in [-0.2, -0.15) is 0 Å². The van der Waals surface area contributed by atoms with E-state index in [1.54, 1.807) is 6.07 Å². The second-order valence-electron chi connectivity index (χ2n) is 9.96. The molecule has 0 bridgehead atoms. The van der Waals surface area contributed by atoms with Crippen molar-refractivity contribution in [1.82, 2.24) is 9.97 Å². The summed E-state index contributed by atoms with van der Waals surface area (Å²) >= 11 is 6.68. The number of aliphatic hydroxyl groups is 1. The van der Waals surface area contributed by atoms with Crippen LogP contribution in [0.3, 0.4) is 0 Å². The average Bonchev–Trinajstić information content (AvgIpc) is 3.05. The van der Waals surface area contributed by atoms with Crippen molar-refractivity contribution in [1.29, 1.82) is 0 Å². The number of hydrogen-bond donors (Lipinski definition) is 2. The number of ether oxygens (including phenoxy) is 1. The third kappa shape index (κ3) is 3.51. The van der Waals surface area contributed by atoms with E-state index in [9.17, 15) is 9.50 Å². The van der Waals surface area contributed by atoms with Crippen LogP contribution in [0.2, 0.25) is 5.02 Å². The number of nitrogens with one attached hydrogen (secondary N) is 1. The summed E-state index contributed by atoms with van der Waals surface area (Å²) < 4.78 is 20.1. The highest BCUT2D eigenvalue weighted by Gasteiger charge is 2.49. The number of anilines is 1. The van der Waals surface area contributed by atoms with E-state index in [-0.39, 0.29) is 35.1 Å². The number of halogens is 2. The Morgan fingerprint density at radius 2 is 2.06 bits per heavy atom. The summed E-state index contributed by atoms with van der Waals surface area (Å²) in [5, 5.41) is 13.8. The van der Waals surface area contributed by atoms with Crippen molar-refractivity contribution in [2.45, 2.75) is 64.0 Å². The van der Waals surface area contributed by atoms with Crippen LogP contribution in [0.15, 0.2) is 23.3 Å². The predicted molar refractivity (Wildman–Crippen MR) is 123 cm³/mol. The van der Waals surface area contributed by atoms with Crippen molar-refractivity contribution in [3.05, 3.63) is 34.7 Å². The van der Waals surface area contributed by atoms with Gasteiger partial charge in [-0.25, -0.2) is 14.4 Å². The van der Waals surface area contributed by atoms with Crippen LogP contribution in [0.1, 0.15) is 52.0 Å². The first kappa shape index (κ1) is 21.7. The maximum atomic E-state index is 14.9. The van der Waals surface area contributed by atoms with Gasteiger partial charge < -0.3 is 15.2 Å². The van der Waals surface area contributed by atoms with Gasteiger partial charge in [-0.05, 0) is 37.0 Å². The van der Waals surface area contributed by atoms with Crippen molar-refractivity contribution in [3.63, 3.8) is 0 Å². The van der Waals surface area contributed by atoms with Gasteiger partial charge in [0.05, 0.1) is 35.7 Å². The zero-order valence-corrected chi connectivity index (χ0v) is 19.3. The summed E-state index contributed by atoms with van der Waals surface area (Å²) in [6.45, 7) is 7.48. The lowest BCUT2D eigenvalue weighted by Gasteiger charge is -2.42. The Bertz CT molecular complexity index is 1110. The van der Waals surface area contributed by atoms with Gasteiger partial charge in [0, 0.05) is 28.7 Å². The summed E-state index contributed by atoms with van der Waals surface area (Å²) in [6.07, 6.45) is 4.30. The molecule has 1 aromatic carbocycles. The fraction of sp³-hybridized carbons (Fsp3) is 0.542. The zero-order valence-electron chi connectivity index (χ0n) is 18.6. The topological polar surface area (TPSA) is 79.6 Å². The first-order valence-corrected chi connectivity index (χ1v) is 11.6. The molecule has 170 valence electrons. The minimum Gasteiger partial charge on any atom is -0.389 e. The van der Waals surface area contributed by atoms with E-state index in [0.29, 0.717) is 23.6 Å². The van der Waals surface area contributed by atoms with E-state index in [1.807, 2.05) is 6.07 Å². The van der Waals surface area contributed by atoms with E-state index < -0.39 is 11.9 Å². The summed E-state index contributed by atoms with van der Waals surface area (Å²) in [5.74, 6) is -0.252. The maximum Gasteiger partial charge on any atom is 0.223 e. The average molecular weight is 459 g/mol. The smallest absolute Gasteiger partial charge is 0.223 e. The summed E-state index contributed by atoms with van der Waals surface area (Å²) in [5.41, 5.74) is 3.55. The standard InChI is InChI=1S/C24H28ClFN4O2/c1-23(2)6-4-7-24(3)14-9-13(10-15(25)20(14)29-21(23)24)19-16(26)11-27-22(30-19)28-17-5-8-32-12-18(17)31/h9-11,17-18,31H,4-8,12H2,1-3H3,(H,27,28,30)/t17-,18-,24?/m1/s1. The highest BCUT2D eigenvalue weighted by molar-refractivity contribution is 6.34. The van der Waals surface area contributed by atoms with Gasteiger partial charge in [-0.3, -0.25) is 4.99 Å². The molecule has 5 rings (SSSR count). The number of rotatable bonds is 3. The Kier molecular flexibility index (Phi) is 5.26. The monoisotopic (exact) mass is 458 g/mol. The lowest BCUT2D eigenvalue weighted by molar-refractivity contribution is -0.0136. The third-order valence-electron chi connectivity index (χ3n) is 7.18. The van der Waals surface area contributed by atoms with Crippen LogP contribution in [0, 0.1) is 11.2 Å². The lowest BCUT2D eigenvalue weighted by atomic mass is 9.61. The number of fused-ring (bicyclic) bond motifs is 3. The quantitative estimate of drug-likeness (QED) is 0.672. The van der Waals surface area contributed by atoms with Crippen molar-refractivity contribution in [2.75, 3.05) is 18.5 Å². The predicted octanol–water partition coefficient (Wildman–Crippen LogP) is 5.05. The van der Waals surface area contributed by atoms with Gasteiger partial charge in [-0.15, -0.1) is 0 Å². The molecule has 0 radical (unpaired) electrons. The van der Waals surface area contributed by atoms with Gasteiger partial charge in [0.25, 0.3) is 0 Å². The molecule has 1 aromatic heterocycles. The third-order valence-corrected chi connectivity index (χ3v) is 7.47. The molecule has 3 aliphatic rings. The Morgan fingerprint density at radius 1 is 1.25 bits per heavy atom. The number of aliphatic hydroxyl groups excluding tert-OH is 1. The van der Waals surface area contributed by atoms with Gasteiger partial charge >= 0.3 is 0 Å². The molecule has 1 aliphatic carbocycles. The van der Waals surface area contributed by atoms with Gasteiger partial charge in [0.1, 0.15) is 5.69 Å². The second-order valence-corrected chi connectivity index (χ2v) is 10.4. The fourth-order valence-corrected chi connectivity index (χ4v) is 5.74. The minimum absolute atomic E-state index is 0.00266. The fourth-order valence-electron chi connectivity index (χ4n) is 5.48.